The van der Waals surface area contributed by atoms with E-state index in [9.17, 15) is 18.0 Å². The number of carbonyl (C=O) groups excluding carboxylic acids is 2. The highest BCUT2D eigenvalue weighted by molar-refractivity contribution is 7.90. The van der Waals surface area contributed by atoms with Gasteiger partial charge in [-0.25, -0.2) is 13.2 Å². The molecule has 1 unspecified atom stereocenters. The molecule has 2 fully saturated rings. The summed E-state index contributed by atoms with van der Waals surface area (Å²) in [6.45, 7) is 9.15. The van der Waals surface area contributed by atoms with Crippen LogP contribution >= 0.6 is 0 Å². The molecule has 39 heavy (non-hydrogen) atoms. The molecule has 2 aliphatic rings. The van der Waals surface area contributed by atoms with Gasteiger partial charge in [0, 0.05) is 32.1 Å². The number of amides is 2. The summed E-state index contributed by atoms with van der Waals surface area (Å²) in [4.78, 5) is 34.9. The maximum absolute atomic E-state index is 13.4. The normalized spacial score (nSPS) is 18.8. The van der Waals surface area contributed by atoms with Crippen LogP contribution in [0.25, 0.3) is 0 Å². The summed E-state index contributed by atoms with van der Waals surface area (Å²) in [6.07, 6.45) is 5.61. The van der Waals surface area contributed by atoms with Gasteiger partial charge in [0.25, 0.3) is 0 Å². The first-order chi connectivity index (χ1) is 18.3. The lowest BCUT2D eigenvalue weighted by molar-refractivity contribution is -0.138. The Balaban J connectivity index is 1.31. The van der Waals surface area contributed by atoms with E-state index in [1.165, 1.54) is 6.26 Å². The standard InChI is InChI=1S/C29H40N4O5S/c1-28(2,3)38-27(35)31-25(24-7-5-6-16-30-24)12-17-32-18-13-29(14-19-32)15-20-33(26(29)34)21-22-8-10-23(11-9-22)39(4,36)37/h5-11,16,25H,12-15,17-21H2,1-4H3,(H,31,35). The number of hydrogen-bond acceptors (Lipinski definition) is 7. The van der Waals surface area contributed by atoms with Crippen molar-refractivity contribution in [1.29, 1.82) is 0 Å². The molecule has 1 atom stereocenters. The summed E-state index contributed by atoms with van der Waals surface area (Å²) in [5, 5.41) is 2.98. The number of sulfone groups is 1. The Kier molecular flexibility index (Phi) is 8.66. The summed E-state index contributed by atoms with van der Waals surface area (Å²) < 4.78 is 28.9. The van der Waals surface area contributed by atoms with E-state index in [1.54, 1.807) is 30.5 Å². The molecule has 0 bridgehead atoms. The molecular formula is C29H40N4O5S. The van der Waals surface area contributed by atoms with Crippen LogP contribution in [0.4, 0.5) is 4.79 Å². The number of hydrogen-bond donors (Lipinski definition) is 1. The maximum Gasteiger partial charge on any atom is 0.408 e. The van der Waals surface area contributed by atoms with Gasteiger partial charge in [0.05, 0.1) is 22.0 Å². The van der Waals surface area contributed by atoms with Gasteiger partial charge in [-0.2, -0.15) is 0 Å². The van der Waals surface area contributed by atoms with E-state index in [0.29, 0.717) is 19.5 Å². The number of nitrogens with zero attached hydrogens (tertiary/aromatic N) is 3. The second kappa shape index (κ2) is 11.6. The second-order valence-electron chi connectivity index (χ2n) is 11.8. The van der Waals surface area contributed by atoms with E-state index in [4.69, 9.17) is 4.74 Å². The molecule has 1 spiro atoms. The van der Waals surface area contributed by atoms with Crippen molar-refractivity contribution in [2.75, 3.05) is 32.4 Å². The topological polar surface area (TPSA) is 109 Å². The van der Waals surface area contributed by atoms with Crippen LogP contribution in [0.1, 0.15) is 63.8 Å². The Hall–Kier alpha value is -2.98. The lowest BCUT2D eigenvalue weighted by Crippen LogP contribution is -2.45. The number of carbonyl (C=O) groups is 2. The molecule has 10 heteroatoms. The molecule has 2 amide bonds. The van der Waals surface area contributed by atoms with Crippen molar-refractivity contribution in [1.82, 2.24) is 20.1 Å². The summed E-state index contributed by atoms with van der Waals surface area (Å²) in [7, 11) is -3.24. The fraction of sp³-hybridized carbons (Fsp3) is 0.552. The zero-order valence-corrected chi connectivity index (χ0v) is 24.2. The molecule has 0 radical (unpaired) electrons. The summed E-state index contributed by atoms with van der Waals surface area (Å²) in [5.74, 6) is 0.201. The number of rotatable bonds is 8. The third-order valence-electron chi connectivity index (χ3n) is 7.61. The minimum atomic E-state index is -3.24. The minimum Gasteiger partial charge on any atom is -0.444 e. The molecular weight excluding hydrogens is 516 g/mol. The molecule has 0 saturated carbocycles. The number of ether oxygens (including phenoxy) is 1. The van der Waals surface area contributed by atoms with Gasteiger partial charge in [-0.1, -0.05) is 18.2 Å². The van der Waals surface area contributed by atoms with E-state index in [2.05, 4.69) is 15.2 Å². The molecule has 1 N–H and O–H groups in total. The number of nitrogens with one attached hydrogen (secondary N) is 1. The van der Waals surface area contributed by atoms with Gasteiger partial charge in [0.2, 0.25) is 5.91 Å². The van der Waals surface area contributed by atoms with Gasteiger partial charge < -0.3 is 19.9 Å². The Morgan fingerprint density at radius 1 is 1.08 bits per heavy atom. The van der Waals surface area contributed by atoms with Crippen LogP contribution in [0.2, 0.25) is 0 Å². The van der Waals surface area contributed by atoms with Gasteiger partial charge in [-0.15, -0.1) is 0 Å². The SMILES string of the molecule is CC(C)(C)OC(=O)NC(CCN1CCC2(CC1)CCN(Cc1ccc(S(C)(=O)=O)cc1)C2=O)c1ccccn1. The first-order valence-corrected chi connectivity index (χ1v) is 15.5. The Bertz CT molecular complexity index is 1250. The molecule has 2 aromatic rings. The first kappa shape index (κ1) is 29.0. The summed E-state index contributed by atoms with van der Waals surface area (Å²) in [5.41, 5.74) is 0.825. The van der Waals surface area contributed by atoms with Gasteiger partial charge in [0.1, 0.15) is 5.60 Å². The van der Waals surface area contributed by atoms with Crippen LogP contribution in [0, 0.1) is 5.41 Å². The molecule has 2 aliphatic heterocycles. The van der Waals surface area contributed by atoms with E-state index in [0.717, 1.165) is 50.2 Å². The highest BCUT2D eigenvalue weighted by Crippen LogP contribution is 2.42. The smallest absolute Gasteiger partial charge is 0.408 e. The van der Waals surface area contributed by atoms with Gasteiger partial charge >= 0.3 is 6.09 Å². The van der Waals surface area contributed by atoms with Crippen molar-refractivity contribution < 1.29 is 22.7 Å². The molecule has 3 heterocycles. The number of alkyl carbamates (subject to hydrolysis) is 1. The van der Waals surface area contributed by atoms with Crippen LogP contribution < -0.4 is 5.32 Å². The molecule has 1 aromatic carbocycles. The van der Waals surface area contributed by atoms with Crippen LogP contribution in [-0.2, 0) is 25.9 Å². The summed E-state index contributed by atoms with van der Waals surface area (Å²) >= 11 is 0. The first-order valence-electron chi connectivity index (χ1n) is 13.6. The zero-order valence-electron chi connectivity index (χ0n) is 23.4. The van der Waals surface area contributed by atoms with Crippen molar-refractivity contribution >= 4 is 21.8 Å². The fourth-order valence-corrected chi connectivity index (χ4v) is 6.04. The van der Waals surface area contributed by atoms with Crippen LogP contribution in [0.5, 0.6) is 0 Å². The number of pyridine rings is 1. The van der Waals surface area contributed by atoms with Crippen LogP contribution in [0.15, 0.2) is 53.6 Å². The van der Waals surface area contributed by atoms with Gasteiger partial charge in [0.15, 0.2) is 9.84 Å². The van der Waals surface area contributed by atoms with E-state index < -0.39 is 21.5 Å². The second-order valence-corrected chi connectivity index (χ2v) is 13.8. The third-order valence-corrected chi connectivity index (χ3v) is 8.74. The average molecular weight is 557 g/mol. The Morgan fingerprint density at radius 2 is 1.74 bits per heavy atom. The van der Waals surface area contributed by atoms with Crippen molar-refractivity contribution in [3.63, 3.8) is 0 Å². The molecule has 2 saturated heterocycles. The summed E-state index contributed by atoms with van der Waals surface area (Å²) in [6, 6.07) is 12.2. The van der Waals surface area contributed by atoms with E-state index >= 15 is 0 Å². The zero-order chi connectivity index (χ0) is 28.3. The van der Waals surface area contributed by atoms with Gasteiger partial charge in [-0.05, 0) is 89.4 Å². The van der Waals surface area contributed by atoms with E-state index in [1.807, 2.05) is 43.9 Å². The predicted octanol–water partition coefficient (Wildman–Crippen LogP) is 3.96. The minimum absolute atomic E-state index is 0.201. The number of aromatic nitrogens is 1. The highest BCUT2D eigenvalue weighted by Gasteiger charge is 2.47. The highest BCUT2D eigenvalue weighted by atomic mass is 32.2. The van der Waals surface area contributed by atoms with Crippen molar-refractivity contribution in [3.8, 4) is 0 Å². The van der Waals surface area contributed by atoms with E-state index in [-0.39, 0.29) is 22.3 Å². The lowest BCUT2D eigenvalue weighted by atomic mass is 9.77. The predicted molar refractivity (Wildman–Crippen MR) is 149 cm³/mol. The number of piperidine rings is 1. The molecule has 212 valence electrons. The van der Waals surface area contributed by atoms with Crippen LogP contribution in [0.3, 0.4) is 0 Å². The molecule has 0 aliphatic carbocycles. The third kappa shape index (κ3) is 7.57. The molecule has 4 rings (SSSR count). The average Bonchev–Trinajstić information content (AvgIpc) is 3.16. The Morgan fingerprint density at radius 3 is 2.33 bits per heavy atom. The van der Waals surface area contributed by atoms with Crippen molar-refractivity contribution in [3.05, 3.63) is 59.9 Å². The Labute approximate surface area is 231 Å². The number of benzene rings is 1. The fourth-order valence-electron chi connectivity index (χ4n) is 5.41. The van der Waals surface area contributed by atoms with Crippen molar-refractivity contribution in [2.24, 2.45) is 5.41 Å². The van der Waals surface area contributed by atoms with Crippen LogP contribution in [-0.4, -0.2) is 73.2 Å². The number of likely N-dealkylation sites (tertiary alicyclic amines) is 2. The lowest BCUT2D eigenvalue weighted by Gasteiger charge is -2.38. The maximum atomic E-state index is 13.4. The largest absolute Gasteiger partial charge is 0.444 e. The van der Waals surface area contributed by atoms with Crippen molar-refractivity contribution in [2.45, 2.75) is 69.5 Å². The van der Waals surface area contributed by atoms with Gasteiger partial charge in [-0.3, -0.25) is 9.78 Å². The molecule has 9 nitrogen and oxygen atoms in total. The quantitative estimate of drug-likeness (QED) is 0.524. The molecule has 1 aromatic heterocycles. The monoisotopic (exact) mass is 556 g/mol.